The van der Waals surface area contributed by atoms with Gasteiger partial charge in [-0.2, -0.15) is 0 Å². The summed E-state index contributed by atoms with van der Waals surface area (Å²) in [5.41, 5.74) is 9.41. The van der Waals surface area contributed by atoms with Gasteiger partial charge in [-0.25, -0.2) is 8.42 Å². The van der Waals surface area contributed by atoms with Crippen LogP contribution < -0.4 is 30.8 Å². The van der Waals surface area contributed by atoms with Crippen molar-refractivity contribution in [2.24, 2.45) is 5.73 Å². The number of sulfonamides is 1. The van der Waals surface area contributed by atoms with Gasteiger partial charge in [0.2, 0.25) is 0 Å². The monoisotopic (exact) mass is 603 g/mol. The molecule has 0 aliphatic heterocycles. The van der Waals surface area contributed by atoms with Crippen molar-refractivity contribution < 1.29 is 22.7 Å². The molecule has 12 heteroatoms. The molecule has 0 bridgehead atoms. The van der Waals surface area contributed by atoms with Gasteiger partial charge in [0.15, 0.2) is 11.5 Å². The molecule has 0 aromatic heterocycles. The van der Waals surface area contributed by atoms with Crippen molar-refractivity contribution in [3.8, 4) is 11.5 Å². The summed E-state index contributed by atoms with van der Waals surface area (Å²) >= 11 is 3.25. The second-order valence-electron chi connectivity index (χ2n) is 8.43. The number of hydrazine groups is 1. The number of anilines is 1. The van der Waals surface area contributed by atoms with Crippen molar-refractivity contribution >= 4 is 43.4 Å². The highest BCUT2D eigenvalue weighted by Crippen LogP contribution is 2.33. The van der Waals surface area contributed by atoms with E-state index in [0.717, 1.165) is 0 Å². The number of carbonyl (C=O) groups excluding carboxylic acids is 1. The van der Waals surface area contributed by atoms with Gasteiger partial charge in [-0.15, -0.1) is 4.83 Å². The lowest BCUT2D eigenvalue weighted by molar-refractivity contribution is -0.122. The molecule has 0 aliphatic carbocycles. The minimum atomic E-state index is -4.04. The minimum absolute atomic E-state index is 0.0228. The second-order valence-corrected chi connectivity index (χ2v) is 11.0. The molecule has 0 aliphatic rings. The van der Waals surface area contributed by atoms with E-state index in [2.05, 4.69) is 31.5 Å². The summed E-state index contributed by atoms with van der Waals surface area (Å²) in [6.07, 6.45) is -0.0931. The fraction of sp³-hybridized carbons (Fsp3) is 0.231. The average molecular weight is 605 g/mol. The largest absolute Gasteiger partial charge is 0.490 e. The fourth-order valence-electron chi connectivity index (χ4n) is 3.42. The number of nitrogens with two attached hydrogens (primary N) is 1. The van der Waals surface area contributed by atoms with Gasteiger partial charge in [0.05, 0.1) is 17.6 Å². The smallest absolute Gasteiger partial charge is 0.262 e. The van der Waals surface area contributed by atoms with Gasteiger partial charge < -0.3 is 20.5 Å². The normalized spacial score (nSPS) is 12.0. The molecule has 0 radical (unpaired) electrons. The molecule has 202 valence electrons. The summed E-state index contributed by atoms with van der Waals surface area (Å²) in [4.78, 5) is 15.5. The number of halogens is 1. The van der Waals surface area contributed by atoms with E-state index in [1.807, 2.05) is 20.8 Å². The molecule has 1 amide bonds. The summed E-state index contributed by atoms with van der Waals surface area (Å²) in [6.45, 7) is 6.00. The Morgan fingerprint density at radius 1 is 1.05 bits per heavy atom. The number of nitrogen functional groups attached to an aromatic ring is 1. The molecule has 1 atom stereocenters. The highest BCUT2D eigenvalue weighted by Gasteiger charge is 2.25. The lowest BCUT2D eigenvalue weighted by Crippen LogP contribution is -2.45. The molecule has 0 heterocycles. The Labute approximate surface area is 230 Å². The lowest BCUT2D eigenvalue weighted by atomic mass is 10.0. The van der Waals surface area contributed by atoms with Crippen molar-refractivity contribution in [3.05, 3.63) is 82.3 Å². The number of benzene rings is 3. The maximum absolute atomic E-state index is 13.4. The SMILES string of the molecule is CCOc1cc(C(Nc2ccc(C(=N)N)cc2)C(=O)NNS(=O)(=O)c2cccc(Br)c2)ccc1OC(C)C. The van der Waals surface area contributed by atoms with E-state index in [1.54, 1.807) is 54.6 Å². The molecule has 3 rings (SSSR count). The van der Waals surface area contributed by atoms with Crippen molar-refractivity contribution in [3.63, 3.8) is 0 Å². The number of carbonyl (C=O) groups is 1. The third kappa shape index (κ3) is 7.70. The Balaban J connectivity index is 1.93. The van der Waals surface area contributed by atoms with E-state index in [1.165, 1.54) is 12.1 Å². The van der Waals surface area contributed by atoms with E-state index in [-0.39, 0.29) is 16.8 Å². The zero-order valence-electron chi connectivity index (χ0n) is 21.1. The lowest BCUT2D eigenvalue weighted by Gasteiger charge is -2.22. The van der Waals surface area contributed by atoms with Crippen molar-refractivity contribution in [1.29, 1.82) is 5.41 Å². The van der Waals surface area contributed by atoms with Gasteiger partial charge in [0.1, 0.15) is 11.9 Å². The van der Waals surface area contributed by atoms with Gasteiger partial charge in [0, 0.05) is 15.7 Å². The Hall–Kier alpha value is -3.61. The van der Waals surface area contributed by atoms with E-state index < -0.39 is 22.0 Å². The van der Waals surface area contributed by atoms with Gasteiger partial charge in [-0.05, 0) is 80.9 Å². The molecular formula is C26H30BrN5O5S. The van der Waals surface area contributed by atoms with Gasteiger partial charge >= 0.3 is 0 Å². The first-order valence-electron chi connectivity index (χ1n) is 11.7. The molecule has 38 heavy (non-hydrogen) atoms. The fourth-order valence-corrected chi connectivity index (χ4v) is 4.86. The molecule has 0 fully saturated rings. The zero-order chi connectivity index (χ0) is 27.9. The topological polar surface area (TPSA) is 156 Å². The Morgan fingerprint density at radius 3 is 2.37 bits per heavy atom. The number of hydrogen-bond acceptors (Lipinski definition) is 7. The number of ether oxygens (including phenoxy) is 2. The van der Waals surface area contributed by atoms with Crippen LogP contribution in [0.1, 0.15) is 37.9 Å². The van der Waals surface area contributed by atoms with Gasteiger partial charge in [-0.1, -0.05) is 28.1 Å². The minimum Gasteiger partial charge on any atom is -0.490 e. The third-order valence-electron chi connectivity index (χ3n) is 5.15. The molecule has 0 spiro atoms. The summed E-state index contributed by atoms with van der Waals surface area (Å²) in [7, 11) is -4.04. The first-order valence-corrected chi connectivity index (χ1v) is 14.0. The van der Waals surface area contributed by atoms with E-state index in [0.29, 0.717) is 39.4 Å². The van der Waals surface area contributed by atoms with Crippen LogP contribution in [0.4, 0.5) is 5.69 Å². The number of amides is 1. The third-order valence-corrected chi connectivity index (χ3v) is 6.89. The molecule has 1 unspecified atom stereocenters. The molecule has 3 aromatic rings. The van der Waals surface area contributed by atoms with Crippen LogP contribution in [0.3, 0.4) is 0 Å². The van der Waals surface area contributed by atoms with Crippen LogP contribution in [0.5, 0.6) is 11.5 Å². The van der Waals surface area contributed by atoms with Crippen molar-refractivity contribution in [2.75, 3.05) is 11.9 Å². The van der Waals surface area contributed by atoms with Crippen LogP contribution in [0, 0.1) is 5.41 Å². The van der Waals surface area contributed by atoms with Crippen LogP contribution in [-0.2, 0) is 14.8 Å². The first kappa shape index (κ1) is 29.0. The predicted molar refractivity (Wildman–Crippen MR) is 150 cm³/mol. The van der Waals surface area contributed by atoms with Crippen LogP contribution in [0.25, 0.3) is 0 Å². The second kappa shape index (κ2) is 12.8. The first-order chi connectivity index (χ1) is 18.0. The molecule has 3 aromatic carbocycles. The summed E-state index contributed by atoms with van der Waals surface area (Å²) in [5, 5.41) is 10.7. The van der Waals surface area contributed by atoms with Crippen LogP contribution in [-0.4, -0.2) is 32.9 Å². The molecule has 10 nitrogen and oxygen atoms in total. The summed E-state index contributed by atoms with van der Waals surface area (Å²) in [5.74, 6) is 0.208. The van der Waals surface area contributed by atoms with E-state index in [4.69, 9.17) is 20.6 Å². The molecule has 0 saturated carbocycles. The Kier molecular flexibility index (Phi) is 9.72. The quantitative estimate of drug-likeness (QED) is 0.119. The zero-order valence-corrected chi connectivity index (χ0v) is 23.5. The number of rotatable bonds is 12. The summed E-state index contributed by atoms with van der Waals surface area (Å²) in [6, 6.07) is 16.8. The predicted octanol–water partition coefficient (Wildman–Crippen LogP) is 4.08. The number of hydrogen-bond donors (Lipinski definition) is 5. The van der Waals surface area contributed by atoms with Crippen LogP contribution in [0.15, 0.2) is 76.1 Å². The molecule has 0 saturated heterocycles. The van der Waals surface area contributed by atoms with E-state index >= 15 is 0 Å². The van der Waals surface area contributed by atoms with Crippen LogP contribution in [0.2, 0.25) is 0 Å². The molecular weight excluding hydrogens is 574 g/mol. The highest BCUT2D eigenvalue weighted by molar-refractivity contribution is 9.10. The summed E-state index contributed by atoms with van der Waals surface area (Å²) < 4.78 is 37.7. The van der Waals surface area contributed by atoms with Crippen molar-refractivity contribution in [2.45, 2.75) is 37.8 Å². The maximum atomic E-state index is 13.4. The van der Waals surface area contributed by atoms with Crippen LogP contribution >= 0.6 is 15.9 Å². The van der Waals surface area contributed by atoms with Crippen molar-refractivity contribution in [1.82, 2.24) is 10.3 Å². The van der Waals surface area contributed by atoms with E-state index in [9.17, 15) is 13.2 Å². The molecule has 6 N–H and O–H groups in total. The Morgan fingerprint density at radius 2 is 1.76 bits per heavy atom. The average Bonchev–Trinajstić information content (AvgIpc) is 2.87. The van der Waals surface area contributed by atoms with Gasteiger partial charge in [-0.3, -0.25) is 15.6 Å². The maximum Gasteiger partial charge on any atom is 0.262 e. The van der Waals surface area contributed by atoms with Gasteiger partial charge in [0.25, 0.3) is 15.9 Å². The standard InChI is InChI=1S/C26H30BrN5O5S/c1-4-36-23-14-18(10-13-22(23)37-16(2)3)24(30-20-11-8-17(9-12-20)25(28)29)26(33)31-32-38(34,35)21-7-5-6-19(27)15-21/h5-16,24,30,32H,4H2,1-3H3,(H3,28,29)(H,31,33). The number of nitrogens with one attached hydrogen (secondary N) is 4. The highest BCUT2D eigenvalue weighted by atomic mass is 79.9. The number of amidine groups is 1. The Bertz CT molecular complexity index is 1400.